The van der Waals surface area contributed by atoms with Gasteiger partial charge >= 0.3 is 0 Å². The second-order valence-corrected chi connectivity index (χ2v) is 6.07. The van der Waals surface area contributed by atoms with E-state index in [-0.39, 0.29) is 0 Å². The van der Waals surface area contributed by atoms with Crippen LogP contribution in [0, 0.1) is 18.6 Å². The summed E-state index contributed by atoms with van der Waals surface area (Å²) < 4.78 is 27.2. The Morgan fingerprint density at radius 2 is 1.83 bits per heavy atom. The molecule has 1 nitrogen and oxygen atoms in total. The molecule has 5 heteroatoms. The lowest BCUT2D eigenvalue weighted by atomic mass is 10.2. The van der Waals surface area contributed by atoms with Crippen LogP contribution in [0.3, 0.4) is 0 Å². The Morgan fingerprint density at radius 3 is 2.25 bits per heavy atom. The van der Waals surface area contributed by atoms with Gasteiger partial charge in [0.2, 0.25) is 0 Å². The molecule has 1 aromatic carbocycles. The molecule has 0 heterocycles. The van der Waals surface area contributed by atoms with Crippen molar-refractivity contribution in [3.8, 4) is 0 Å². The van der Waals surface area contributed by atoms with Crippen molar-refractivity contribution in [3.05, 3.63) is 29.3 Å². The second-order valence-electron chi connectivity index (χ2n) is 2.29. The molecule has 0 spiro atoms. The van der Waals surface area contributed by atoms with Crippen molar-refractivity contribution in [1.82, 2.24) is 0 Å². The van der Waals surface area contributed by atoms with Crippen molar-refractivity contribution in [2.45, 2.75) is 6.92 Å². The highest BCUT2D eigenvalue weighted by Crippen LogP contribution is 2.26. The lowest BCUT2D eigenvalue weighted by Gasteiger charge is -2.08. The van der Waals surface area contributed by atoms with Crippen molar-refractivity contribution in [2.75, 3.05) is 1.33 Å². The summed E-state index contributed by atoms with van der Waals surface area (Å²) >= 11 is 3.97. The fourth-order valence-electron chi connectivity index (χ4n) is 0.806. The lowest BCUT2D eigenvalue weighted by Crippen LogP contribution is -1.95. The summed E-state index contributed by atoms with van der Waals surface area (Å²) in [6, 6.07) is 2.76. The van der Waals surface area contributed by atoms with Crippen LogP contribution in [-0.2, 0) is 0 Å². The molecular formula is C7H5F2I2N. The molecule has 0 N–H and O–H groups in total. The molecule has 0 bridgehead atoms. The summed E-state index contributed by atoms with van der Waals surface area (Å²) in [5.74, 6) is -1.57. The third-order valence-electron chi connectivity index (χ3n) is 1.39. The number of nitrogens with zero attached hydrogens (tertiary/aromatic N) is 1. The number of aryl methyl sites for hydroxylation is 1. The fourth-order valence-corrected chi connectivity index (χ4v) is 1.36. The standard InChI is InChI=1S/C7H5F2I2N/c1-4-2-5(12(10)11)3-6(8)7(4)9/h2-3H,1H3. The molecule has 1 aromatic rings. The van der Waals surface area contributed by atoms with E-state index in [1.54, 1.807) is 14.3 Å². The van der Waals surface area contributed by atoms with Crippen LogP contribution >= 0.6 is 45.7 Å². The summed E-state index contributed by atoms with van der Waals surface area (Å²) in [5, 5.41) is 0. The van der Waals surface area contributed by atoms with Crippen LogP contribution in [0.2, 0.25) is 0 Å². The number of rotatable bonds is 1. The van der Waals surface area contributed by atoms with Crippen LogP contribution in [0.1, 0.15) is 5.56 Å². The molecule has 0 saturated carbocycles. The van der Waals surface area contributed by atoms with Gasteiger partial charge < -0.3 is 0 Å². The van der Waals surface area contributed by atoms with Gasteiger partial charge in [0, 0.05) is 6.07 Å². The van der Waals surface area contributed by atoms with Crippen LogP contribution in [0.4, 0.5) is 14.5 Å². The van der Waals surface area contributed by atoms with E-state index in [4.69, 9.17) is 0 Å². The van der Waals surface area contributed by atoms with E-state index in [0.29, 0.717) is 11.3 Å². The fraction of sp³-hybridized carbons (Fsp3) is 0.143. The summed E-state index contributed by atoms with van der Waals surface area (Å²) in [4.78, 5) is 0. The summed E-state index contributed by atoms with van der Waals surface area (Å²) in [5.41, 5.74) is 0.968. The molecule has 0 unspecified atom stereocenters. The zero-order valence-corrected chi connectivity index (χ0v) is 10.4. The number of benzene rings is 1. The first-order valence-corrected chi connectivity index (χ1v) is 5.02. The first-order valence-electron chi connectivity index (χ1n) is 3.09. The second kappa shape index (κ2) is 4.03. The largest absolute Gasteiger partial charge is 0.255 e. The third kappa shape index (κ3) is 2.18. The molecule has 0 radical (unpaired) electrons. The average Bonchev–Trinajstić information content (AvgIpc) is 1.99. The van der Waals surface area contributed by atoms with Crippen LogP contribution in [0.5, 0.6) is 0 Å². The predicted molar refractivity (Wildman–Crippen MR) is 61.6 cm³/mol. The van der Waals surface area contributed by atoms with Gasteiger partial charge in [-0.1, -0.05) is 0 Å². The highest BCUT2D eigenvalue weighted by Gasteiger charge is 2.08. The molecule has 0 amide bonds. The van der Waals surface area contributed by atoms with E-state index in [9.17, 15) is 8.78 Å². The first-order chi connectivity index (χ1) is 5.52. The van der Waals surface area contributed by atoms with Gasteiger partial charge in [-0.05, 0) is 18.6 Å². The maximum absolute atomic E-state index is 12.8. The minimum Gasteiger partial charge on any atom is -0.255 e. The minimum atomic E-state index is -0.802. The van der Waals surface area contributed by atoms with Crippen molar-refractivity contribution >= 4 is 51.4 Å². The van der Waals surface area contributed by atoms with Crippen molar-refractivity contribution in [2.24, 2.45) is 0 Å². The molecular weight excluding hydrogens is 390 g/mol. The van der Waals surface area contributed by atoms with E-state index in [0.717, 1.165) is 0 Å². The Bertz CT molecular complexity index is 278. The molecule has 0 aliphatic rings. The number of halogens is 4. The Morgan fingerprint density at radius 1 is 1.25 bits per heavy atom. The van der Waals surface area contributed by atoms with E-state index >= 15 is 0 Å². The molecule has 0 aromatic heterocycles. The van der Waals surface area contributed by atoms with Gasteiger partial charge in [-0.3, -0.25) is 1.33 Å². The van der Waals surface area contributed by atoms with Gasteiger partial charge in [0.05, 0.1) is 51.4 Å². The maximum atomic E-state index is 12.8. The normalized spacial score (nSPS) is 10.1. The van der Waals surface area contributed by atoms with E-state index < -0.39 is 11.6 Å². The van der Waals surface area contributed by atoms with Gasteiger partial charge in [-0.2, -0.15) is 0 Å². The highest BCUT2D eigenvalue weighted by molar-refractivity contribution is 14.2. The van der Waals surface area contributed by atoms with Crippen LogP contribution in [0.25, 0.3) is 0 Å². The molecule has 12 heavy (non-hydrogen) atoms. The van der Waals surface area contributed by atoms with Crippen LogP contribution < -0.4 is 1.33 Å². The SMILES string of the molecule is Cc1cc(N(I)I)cc(F)c1F. The lowest BCUT2D eigenvalue weighted by molar-refractivity contribution is 0.503. The molecule has 0 fully saturated rings. The average molecular weight is 395 g/mol. The van der Waals surface area contributed by atoms with Gasteiger partial charge in [-0.15, -0.1) is 0 Å². The summed E-state index contributed by atoms with van der Waals surface area (Å²) in [6.07, 6.45) is 0. The van der Waals surface area contributed by atoms with Gasteiger partial charge in [-0.25, -0.2) is 8.78 Å². The summed E-state index contributed by atoms with van der Waals surface area (Å²) in [6.45, 7) is 1.54. The number of anilines is 1. The number of hydrogen-bond donors (Lipinski definition) is 0. The molecule has 0 aliphatic carbocycles. The predicted octanol–water partition coefficient (Wildman–Crippen LogP) is 3.78. The van der Waals surface area contributed by atoms with E-state index in [1.165, 1.54) is 6.07 Å². The Labute approximate surface area is 97.1 Å². The topological polar surface area (TPSA) is 3.24 Å². The van der Waals surface area contributed by atoms with Crippen LogP contribution in [-0.4, -0.2) is 0 Å². The monoisotopic (exact) mass is 395 g/mol. The van der Waals surface area contributed by atoms with Gasteiger partial charge in [0.1, 0.15) is 0 Å². The minimum absolute atomic E-state index is 0.323. The first kappa shape index (κ1) is 10.4. The van der Waals surface area contributed by atoms with E-state index in [1.807, 2.05) is 45.7 Å². The smallest absolute Gasteiger partial charge is 0.161 e. The van der Waals surface area contributed by atoms with Crippen molar-refractivity contribution in [3.63, 3.8) is 0 Å². The summed E-state index contributed by atoms with van der Waals surface area (Å²) in [7, 11) is 0. The molecule has 0 saturated heterocycles. The molecule has 0 aliphatic heterocycles. The van der Waals surface area contributed by atoms with Gasteiger partial charge in [0.25, 0.3) is 0 Å². The third-order valence-corrected chi connectivity index (χ3v) is 2.50. The number of hydrogen-bond acceptors (Lipinski definition) is 1. The Balaban J connectivity index is 3.21. The van der Waals surface area contributed by atoms with Gasteiger partial charge in [0.15, 0.2) is 11.6 Å². The van der Waals surface area contributed by atoms with E-state index in [2.05, 4.69) is 0 Å². The quantitative estimate of drug-likeness (QED) is 0.517. The zero-order chi connectivity index (χ0) is 9.30. The van der Waals surface area contributed by atoms with Crippen molar-refractivity contribution < 1.29 is 8.78 Å². The van der Waals surface area contributed by atoms with Crippen molar-refractivity contribution in [1.29, 1.82) is 0 Å². The highest BCUT2D eigenvalue weighted by atomic mass is 127. The Kier molecular flexibility index (Phi) is 3.50. The molecule has 0 atom stereocenters. The molecule has 1 rings (SSSR count). The Hall–Kier alpha value is 0.340. The maximum Gasteiger partial charge on any atom is 0.161 e. The molecule has 66 valence electrons. The van der Waals surface area contributed by atoms with Crippen LogP contribution in [0.15, 0.2) is 12.1 Å². The zero-order valence-electron chi connectivity index (χ0n) is 6.11.